The van der Waals surface area contributed by atoms with Gasteiger partial charge >= 0.3 is 0 Å². The number of carbonyl (C=O) groups is 1. The number of hydrogen-bond acceptors (Lipinski definition) is 3. The normalized spacial score (nSPS) is 15.9. The van der Waals surface area contributed by atoms with E-state index in [0.717, 1.165) is 23.0 Å². The smallest absolute Gasteiger partial charge is 0.264 e. The highest BCUT2D eigenvalue weighted by Gasteiger charge is 2.37. The average molecular weight is 406 g/mol. The van der Waals surface area contributed by atoms with Crippen LogP contribution in [0.4, 0.5) is 5.69 Å². The molecule has 29 heavy (non-hydrogen) atoms. The van der Waals surface area contributed by atoms with E-state index in [9.17, 15) is 13.2 Å². The van der Waals surface area contributed by atoms with Gasteiger partial charge in [0.15, 0.2) is 0 Å². The largest absolute Gasteiger partial charge is 0.298 e. The van der Waals surface area contributed by atoms with E-state index in [1.165, 1.54) is 9.87 Å². The van der Waals surface area contributed by atoms with Crippen molar-refractivity contribution < 1.29 is 13.2 Å². The van der Waals surface area contributed by atoms with Gasteiger partial charge in [-0.1, -0.05) is 59.7 Å². The molecule has 0 aromatic heterocycles. The van der Waals surface area contributed by atoms with E-state index >= 15 is 0 Å². The number of aldehydes is 1. The fourth-order valence-electron chi connectivity index (χ4n) is 3.97. The minimum Gasteiger partial charge on any atom is -0.298 e. The standard InChI is InChI=1S/C24H23NO3S/c1-17-6-10-19(11-7-17)14-21-15-25(23-5-3-4-20(16-26)24(21)23)29(27,28)22-12-8-18(2)9-13-22/h3-13,16,21H,14-15H2,1-2H3/t21-/m0/s1. The first kappa shape index (κ1) is 19.4. The number of carbonyl (C=O) groups excluding carboxylic acids is 1. The van der Waals surface area contributed by atoms with Gasteiger partial charge in [-0.2, -0.15) is 0 Å². The maximum absolute atomic E-state index is 13.4. The highest BCUT2D eigenvalue weighted by atomic mass is 32.2. The van der Waals surface area contributed by atoms with E-state index < -0.39 is 10.0 Å². The van der Waals surface area contributed by atoms with Gasteiger partial charge in [-0.25, -0.2) is 8.42 Å². The van der Waals surface area contributed by atoms with Gasteiger partial charge in [-0.15, -0.1) is 0 Å². The SMILES string of the molecule is Cc1ccc(C[C@H]2CN(S(=O)(=O)c3ccc(C)cc3)c3cccc(C=O)c32)cc1. The monoisotopic (exact) mass is 405 g/mol. The molecule has 5 heteroatoms. The molecule has 3 aromatic carbocycles. The van der Waals surface area contributed by atoms with Crippen LogP contribution in [-0.2, 0) is 16.4 Å². The molecule has 3 aromatic rings. The van der Waals surface area contributed by atoms with E-state index in [-0.39, 0.29) is 10.8 Å². The average Bonchev–Trinajstić information content (AvgIpc) is 3.09. The zero-order valence-corrected chi connectivity index (χ0v) is 17.3. The van der Waals surface area contributed by atoms with Gasteiger partial charge < -0.3 is 0 Å². The molecule has 4 nitrogen and oxygen atoms in total. The van der Waals surface area contributed by atoms with Crippen LogP contribution in [0.2, 0.25) is 0 Å². The summed E-state index contributed by atoms with van der Waals surface area (Å²) in [5.41, 5.74) is 5.29. The summed E-state index contributed by atoms with van der Waals surface area (Å²) in [5, 5.41) is 0. The number of sulfonamides is 1. The minimum absolute atomic E-state index is 0.0747. The van der Waals surface area contributed by atoms with Crippen molar-refractivity contribution in [3.05, 3.63) is 94.5 Å². The summed E-state index contributed by atoms with van der Waals surface area (Å²) in [6.07, 6.45) is 1.50. The lowest BCUT2D eigenvalue weighted by Gasteiger charge is -2.20. The lowest BCUT2D eigenvalue weighted by Crippen LogP contribution is -2.30. The summed E-state index contributed by atoms with van der Waals surface area (Å²) in [7, 11) is -3.71. The maximum Gasteiger partial charge on any atom is 0.264 e. The van der Waals surface area contributed by atoms with Gasteiger partial charge in [0.05, 0.1) is 10.6 Å². The van der Waals surface area contributed by atoms with E-state index in [1.54, 1.807) is 42.5 Å². The Morgan fingerprint density at radius 2 is 1.55 bits per heavy atom. The van der Waals surface area contributed by atoms with Gasteiger partial charge in [0.2, 0.25) is 0 Å². The Balaban J connectivity index is 1.77. The Hall–Kier alpha value is -2.92. The zero-order chi connectivity index (χ0) is 20.6. The lowest BCUT2D eigenvalue weighted by molar-refractivity contribution is 0.112. The van der Waals surface area contributed by atoms with Crippen LogP contribution in [0.5, 0.6) is 0 Å². The summed E-state index contributed by atoms with van der Waals surface area (Å²) >= 11 is 0. The third kappa shape index (κ3) is 3.58. The summed E-state index contributed by atoms with van der Waals surface area (Å²) in [6.45, 7) is 4.29. The van der Waals surface area contributed by atoms with E-state index in [0.29, 0.717) is 24.2 Å². The molecule has 0 aliphatic carbocycles. The van der Waals surface area contributed by atoms with Crippen LogP contribution < -0.4 is 4.31 Å². The van der Waals surface area contributed by atoms with Gasteiger partial charge in [-0.3, -0.25) is 9.10 Å². The molecule has 1 heterocycles. The fourth-order valence-corrected chi connectivity index (χ4v) is 5.49. The van der Waals surface area contributed by atoms with Gasteiger partial charge in [0, 0.05) is 18.0 Å². The third-order valence-corrected chi connectivity index (χ3v) is 7.31. The molecule has 0 N–H and O–H groups in total. The quantitative estimate of drug-likeness (QED) is 0.581. The number of aryl methyl sites for hydroxylation is 2. The topological polar surface area (TPSA) is 54.5 Å². The second-order valence-corrected chi connectivity index (χ2v) is 9.50. The Morgan fingerprint density at radius 3 is 2.17 bits per heavy atom. The van der Waals surface area contributed by atoms with Gasteiger partial charge in [0.25, 0.3) is 10.0 Å². The van der Waals surface area contributed by atoms with Crippen molar-refractivity contribution in [2.45, 2.75) is 31.1 Å². The number of anilines is 1. The molecule has 4 rings (SSSR count). The van der Waals surface area contributed by atoms with Crippen LogP contribution in [0, 0.1) is 13.8 Å². The Bertz CT molecular complexity index is 1150. The molecule has 1 atom stereocenters. The van der Waals surface area contributed by atoms with Crippen molar-refractivity contribution in [1.82, 2.24) is 0 Å². The Labute approximate surface area is 171 Å². The number of fused-ring (bicyclic) bond motifs is 1. The molecule has 0 bridgehead atoms. The van der Waals surface area contributed by atoms with Crippen molar-refractivity contribution in [3.63, 3.8) is 0 Å². The van der Waals surface area contributed by atoms with Crippen LogP contribution in [-0.4, -0.2) is 21.2 Å². The molecule has 0 amide bonds. The second kappa shape index (κ2) is 7.48. The van der Waals surface area contributed by atoms with E-state index in [2.05, 4.69) is 24.3 Å². The molecule has 0 unspecified atom stereocenters. The zero-order valence-electron chi connectivity index (χ0n) is 16.5. The number of benzene rings is 3. The molecular formula is C24H23NO3S. The number of hydrogen-bond donors (Lipinski definition) is 0. The summed E-state index contributed by atoms with van der Waals surface area (Å²) in [5.74, 6) is -0.0747. The highest BCUT2D eigenvalue weighted by Crippen LogP contribution is 2.42. The lowest BCUT2D eigenvalue weighted by atomic mass is 9.90. The first-order valence-corrected chi connectivity index (χ1v) is 11.1. The molecule has 0 fully saturated rings. The van der Waals surface area contributed by atoms with Crippen molar-refractivity contribution >= 4 is 22.0 Å². The van der Waals surface area contributed by atoms with Crippen LogP contribution >= 0.6 is 0 Å². The molecule has 0 saturated carbocycles. The fraction of sp³-hybridized carbons (Fsp3) is 0.208. The van der Waals surface area contributed by atoms with Crippen molar-refractivity contribution in [2.24, 2.45) is 0 Å². The Kier molecular flexibility index (Phi) is 5.01. The molecule has 1 aliphatic rings. The molecule has 0 radical (unpaired) electrons. The van der Waals surface area contributed by atoms with Gasteiger partial charge in [0.1, 0.15) is 6.29 Å². The van der Waals surface area contributed by atoms with Crippen LogP contribution in [0.25, 0.3) is 0 Å². The van der Waals surface area contributed by atoms with Gasteiger partial charge in [-0.05, 0) is 49.6 Å². The predicted molar refractivity (Wildman–Crippen MR) is 115 cm³/mol. The van der Waals surface area contributed by atoms with E-state index in [1.807, 2.05) is 13.8 Å². The van der Waals surface area contributed by atoms with E-state index in [4.69, 9.17) is 0 Å². The van der Waals surface area contributed by atoms with Crippen LogP contribution in [0.1, 0.15) is 38.5 Å². The number of rotatable bonds is 5. The molecule has 1 aliphatic heterocycles. The second-order valence-electron chi connectivity index (χ2n) is 7.63. The van der Waals surface area contributed by atoms with Crippen molar-refractivity contribution in [3.8, 4) is 0 Å². The third-order valence-electron chi connectivity index (χ3n) is 5.52. The molecular weight excluding hydrogens is 382 g/mol. The van der Waals surface area contributed by atoms with Crippen molar-refractivity contribution in [2.75, 3.05) is 10.8 Å². The predicted octanol–water partition coefficient (Wildman–Crippen LogP) is 4.65. The maximum atomic E-state index is 13.4. The highest BCUT2D eigenvalue weighted by molar-refractivity contribution is 7.92. The minimum atomic E-state index is -3.71. The van der Waals surface area contributed by atoms with Crippen molar-refractivity contribution in [1.29, 1.82) is 0 Å². The Morgan fingerprint density at radius 1 is 0.931 bits per heavy atom. The first-order valence-electron chi connectivity index (χ1n) is 9.63. The summed E-state index contributed by atoms with van der Waals surface area (Å²) < 4.78 is 28.2. The summed E-state index contributed by atoms with van der Waals surface area (Å²) in [4.78, 5) is 12.0. The first-order chi connectivity index (χ1) is 13.9. The van der Waals surface area contributed by atoms with Crippen LogP contribution in [0.15, 0.2) is 71.6 Å². The number of nitrogens with zero attached hydrogens (tertiary/aromatic N) is 1. The molecule has 0 spiro atoms. The summed E-state index contributed by atoms with van der Waals surface area (Å²) in [6, 6.07) is 20.4. The molecule has 148 valence electrons. The van der Waals surface area contributed by atoms with Crippen LogP contribution in [0.3, 0.4) is 0 Å². The molecule has 0 saturated heterocycles.